The van der Waals surface area contributed by atoms with Crippen LogP contribution in [0, 0.1) is 5.92 Å². The summed E-state index contributed by atoms with van der Waals surface area (Å²) in [5.41, 5.74) is 1.88. The standard InChI is InChI=1S/C15H21BN.3CH3.Sn/c1-16-14-8-4-6-13(7-5-9-14)15(16)12-17-10-2-3-11-17;;;;/h2-3,10-11,13-14H,4-9H2,1H3;3*1H3;. The summed E-state index contributed by atoms with van der Waals surface area (Å²) >= 11 is -2.16. The van der Waals surface area contributed by atoms with E-state index in [1.807, 2.05) is 5.47 Å². The minimum atomic E-state index is -2.16. The molecule has 0 aliphatic carbocycles. The van der Waals surface area contributed by atoms with Crippen molar-refractivity contribution >= 4 is 28.8 Å². The summed E-state index contributed by atoms with van der Waals surface area (Å²) in [4.78, 5) is 7.79. The van der Waals surface area contributed by atoms with E-state index < -0.39 is 18.4 Å². The normalized spacial score (nSPS) is 29.2. The Kier molecular flexibility index (Phi) is 4.64. The second kappa shape index (κ2) is 6.18. The third-order valence-electron chi connectivity index (χ3n) is 5.74. The van der Waals surface area contributed by atoms with Crippen LogP contribution >= 0.6 is 0 Å². The van der Waals surface area contributed by atoms with E-state index in [-0.39, 0.29) is 0 Å². The van der Waals surface area contributed by atoms with Crippen molar-refractivity contribution in [2.24, 2.45) is 5.92 Å². The first-order valence-electron chi connectivity index (χ1n) is 8.86. The fraction of sp³-hybridized carbons (Fsp3) is 0.667. The molecule has 0 radical (unpaired) electrons. The molecule has 2 aliphatic rings. The summed E-state index contributed by atoms with van der Waals surface area (Å²) in [6.07, 6.45) is 13.4. The molecule has 3 heteroatoms. The van der Waals surface area contributed by atoms with Crippen LogP contribution in [0.2, 0.25) is 27.5 Å². The molecule has 2 aliphatic heterocycles. The quantitative estimate of drug-likeness (QED) is 0.580. The second-order valence-electron chi connectivity index (χ2n) is 8.25. The first-order valence-corrected chi connectivity index (χ1v) is 18.9. The van der Waals surface area contributed by atoms with Crippen LogP contribution in [-0.4, -0.2) is 29.7 Å². The van der Waals surface area contributed by atoms with Crippen molar-refractivity contribution in [3.8, 4) is 0 Å². The van der Waals surface area contributed by atoms with Gasteiger partial charge in [-0.25, -0.2) is 0 Å². The van der Waals surface area contributed by atoms with Crippen LogP contribution in [-0.2, 0) is 0 Å². The third-order valence-corrected chi connectivity index (χ3v) is 11.4. The molecule has 114 valence electrons. The predicted molar refractivity (Wildman–Crippen MR) is 97.6 cm³/mol. The van der Waals surface area contributed by atoms with Crippen LogP contribution in [0.5, 0.6) is 0 Å². The summed E-state index contributed by atoms with van der Waals surface area (Å²) in [5.74, 6) is 1.83. The molecule has 0 atom stereocenters. The number of hydrogen-bond donors (Lipinski definition) is 0. The zero-order valence-corrected chi connectivity index (χ0v) is 17.1. The fourth-order valence-electron chi connectivity index (χ4n) is 4.84. The number of hydrogen-bond acceptors (Lipinski definition) is 0. The Morgan fingerprint density at radius 1 is 1.05 bits per heavy atom. The predicted octanol–water partition coefficient (Wildman–Crippen LogP) is 5.59. The topological polar surface area (TPSA) is 4.93 Å². The first kappa shape index (κ1) is 15.8. The van der Waals surface area contributed by atoms with E-state index in [0.29, 0.717) is 0 Å². The summed E-state index contributed by atoms with van der Waals surface area (Å²) in [5, 5.41) is 0. The molecule has 2 fully saturated rings. The minimum absolute atomic E-state index is 0.813. The van der Waals surface area contributed by atoms with Crippen molar-refractivity contribution in [2.45, 2.75) is 66.0 Å². The van der Waals surface area contributed by atoms with Gasteiger partial charge in [-0.3, -0.25) is 0 Å². The Labute approximate surface area is 135 Å². The van der Waals surface area contributed by atoms with Crippen molar-refractivity contribution in [1.82, 2.24) is 4.57 Å². The first-order chi connectivity index (χ1) is 9.98. The maximum absolute atomic E-state index is 2.60. The molecular formula is C18H30BNSn. The number of fused-ring (bicyclic) bond motifs is 3. The molecular weight excluding hydrogens is 360 g/mol. The number of rotatable bonds is 2. The Hall–Kier alpha value is -0.116. The third kappa shape index (κ3) is 3.16. The van der Waals surface area contributed by atoms with E-state index in [1.54, 1.807) is 3.71 Å². The van der Waals surface area contributed by atoms with Crippen molar-refractivity contribution in [1.29, 1.82) is 0 Å². The van der Waals surface area contributed by atoms with Gasteiger partial charge in [0.1, 0.15) is 0 Å². The van der Waals surface area contributed by atoms with Crippen molar-refractivity contribution in [3.63, 3.8) is 0 Å². The van der Waals surface area contributed by atoms with Gasteiger partial charge in [-0.1, -0.05) is 0 Å². The molecule has 1 aromatic rings. The fourth-order valence-corrected chi connectivity index (χ4v) is 11.2. The number of allylic oxidation sites excluding steroid dienone is 1. The summed E-state index contributed by atoms with van der Waals surface area (Å²) in [6.45, 7) is 3.36. The van der Waals surface area contributed by atoms with Gasteiger partial charge in [0.05, 0.1) is 0 Å². The Morgan fingerprint density at radius 3 is 2.14 bits per heavy atom. The van der Waals surface area contributed by atoms with E-state index in [0.717, 1.165) is 18.4 Å². The van der Waals surface area contributed by atoms with Gasteiger partial charge in [0.2, 0.25) is 0 Å². The molecule has 0 spiro atoms. The van der Waals surface area contributed by atoms with E-state index in [2.05, 4.69) is 50.7 Å². The maximum atomic E-state index is 2.60. The average molecular weight is 390 g/mol. The van der Waals surface area contributed by atoms with Crippen LogP contribution < -0.4 is 0 Å². The molecule has 0 unspecified atom stereocenters. The van der Waals surface area contributed by atoms with Gasteiger partial charge in [-0.05, 0) is 0 Å². The number of aromatic nitrogens is 1. The van der Waals surface area contributed by atoms with Gasteiger partial charge < -0.3 is 0 Å². The SMILES string of the molecule is CB1/C(=[C](/n2cccc2)[Sn]([CH3])([CH3])[CH3])C2CCCC1CCC2. The molecule has 0 N–H and O–H groups in total. The molecule has 0 saturated carbocycles. The van der Waals surface area contributed by atoms with Crippen molar-refractivity contribution in [3.05, 3.63) is 30.0 Å². The zero-order chi connectivity index (χ0) is 15.0. The molecule has 21 heavy (non-hydrogen) atoms. The van der Waals surface area contributed by atoms with Gasteiger partial charge in [-0.15, -0.1) is 0 Å². The van der Waals surface area contributed by atoms with E-state index in [1.165, 1.54) is 38.5 Å². The Balaban J connectivity index is 2.18. The van der Waals surface area contributed by atoms with Crippen molar-refractivity contribution < 1.29 is 0 Å². The van der Waals surface area contributed by atoms with Crippen LogP contribution in [0.25, 0.3) is 3.71 Å². The Morgan fingerprint density at radius 2 is 1.62 bits per heavy atom. The van der Waals surface area contributed by atoms with Crippen LogP contribution in [0.15, 0.2) is 30.0 Å². The molecule has 1 nitrogen and oxygen atoms in total. The van der Waals surface area contributed by atoms with Gasteiger partial charge in [0.25, 0.3) is 0 Å². The summed E-state index contributed by atoms with van der Waals surface area (Å²) in [6, 6.07) is 4.40. The molecule has 3 heterocycles. The monoisotopic (exact) mass is 391 g/mol. The Bertz CT molecular complexity index is 498. The molecule has 3 rings (SSSR count). The van der Waals surface area contributed by atoms with Gasteiger partial charge in [-0.2, -0.15) is 0 Å². The summed E-state index contributed by atoms with van der Waals surface area (Å²) < 4.78 is 4.29. The molecule has 0 aromatic carbocycles. The van der Waals surface area contributed by atoms with Gasteiger partial charge >= 0.3 is 135 Å². The van der Waals surface area contributed by atoms with Gasteiger partial charge in [0.15, 0.2) is 0 Å². The summed E-state index contributed by atoms with van der Waals surface area (Å²) in [7, 11) is 0. The van der Waals surface area contributed by atoms with Crippen LogP contribution in [0.1, 0.15) is 38.5 Å². The van der Waals surface area contributed by atoms with E-state index in [4.69, 9.17) is 0 Å². The van der Waals surface area contributed by atoms with Crippen molar-refractivity contribution in [2.75, 3.05) is 0 Å². The van der Waals surface area contributed by atoms with Crippen LogP contribution in [0.4, 0.5) is 0 Å². The zero-order valence-electron chi connectivity index (χ0n) is 14.2. The van der Waals surface area contributed by atoms with Crippen LogP contribution in [0.3, 0.4) is 0 Å². The second-order valence-corrected chi connectivity index (χ2v) is 22.4. The molecule has 2 bridgehead atoms. The molecule has 2 saturated heterocycles. The molecule has 0 amide bonds. The average Bonchev–Trinajstić information content (AvgIpc) is 2.78. The van der Waals surface area contributed by atoms with E-state index >= 15 is 0 Å². The van der Waals surface area contributed by atoms with E-state index in [9.17, 15) is 0 Å². The number of nitrogens with zero attached hydrogens (tertiary/aromatic N) is 1. The molecule has 1 aromatic heterocycles. The van der Waals surface area contributed by atoms with Gasteiger partial charge in [0, 0.05) is 0 Å².